The molecular weight excluding hydrogens is 367 g/mol. The number of hydrogen-bond acceptors (Lipinski definition) is 6. The predicted octanol–water partition coefficient (Wildman–Crippen LogP) is 0.768. The molecule has 9 nitrogen and oxygen atoms in total. The van der Waals surface area contributed by atoms with Crippen LogP contribution in [-0.4, -0.2) is 43.2 Å². The van der Waals surface area contributed by atoms with E-state index in [0.717, 1.165) is 6.20 Å². The number of aliphatic hydroxyl groups is 1. The van der Waals surface area contributed by atoms with E-state index in [-0.39, 0.29) is 17.7 Å². The number of carbonyl (C=O) groups is 1. The molecule has 1 amide bonds. The van der Waals surface area contributed by atoms with Crippen LogP contribution in [-0.2, 0) is 5.54 Å². The second-order valence-corrected chi connectivity index (χ2v) is 6.96. The van der Waals surface area contributed by atoms with E-state index in [1.54, 1.807) is 19.2 Å². The van der Waals surface area contributed by atoms with Crippen molar-refractivity contribution in [3.8, 4) is 0 Å². The van der Waals surface area contributed by atoms with Crippen LogP contribution >= 0.6 is 0 Å². The Balaban J connectivity index is 1.65. The minimum absolute atomic E-state index is 0.185. The fraction of sp³-hybridized carbons (Fsp3) is 0.333. The third-order valence-electron chi connectivity index (χ3n) is 4.77. The molecule has 4 N–H and O–H groups in total. The van der Waals surface area contributed by atoms with Crippen molar-refractivity contribution < 1.29 is 14.3 Å². The number of rotatable bonds is 6. The fourth-order valence-corrected chi connectivity index (χ4v) is 3.09. The molecule has 0 bridgehead atoms. The lowest BCUT2D eigenvalue weighted by Gasteiger charge is -2.18. The Bertz CT molecular complexity index is 1100. The Kier molecular flexibility index (Phi) is 4.34. The topological polar surface area (TPSA) is 124 Å². The number of pyridine rings is 1. The summed E-state index contributed by atoms with van der Waals surface area (Å²) in [6.45, 7) is 1.49. The van der Waals surface area contributed by atoms with Crippen LogP contribution < -0.4 is 16.2 Å². The smallest absolute Gasteiger partial charge is 0.257 e. The summed E-state index contributed by atoms with van der Waals surface area (Å²) in [7, 11) is 0. The van der Waals surface area contributed by atoms with Gasteiger partial charge < -0.3 is 20.7 Å². The number of nitrogens with zero attached hydrogens (tertiary/aromatic N) is 3. The summed E-state index contributed by atoms with van der Waals surface area (Å²) in [6.07, 6.45) is 5.38. The summed E-state index contributed by atoms with van der Waals surface area (Å²) in [5.41, 5.74) is -0.129. The zero-order chi connectivity index (χ0) is 19.9. The number of aliphatic hydroxyl groups excluding tert-OH is 1. The maximum atomic E-state index is 13.6. The highest BCUT2D eigenvalue weighted by molar-refractivity contribution is 5.99. The summed E-state index contributed by atoms with van der Waals surface area (Å²) in [6, 6.07) is 2.50. The van der Waals surface area contributed by atoms with E-state index in [9.17, 15) is 14.0 Å². The number of amides is 1. The van der Waals surface area contributed by atoms with Crippen LogP contribution in [0.25, 0.3) is 5.65 Å². The van der Waals surface area contributed by atoms with Gasteiger partial charge in [-0.1, -0.05) is 0 Å². The molecule has 1 fully saturated rings. The first-order valence-electron chi connectivity index (χ1n) is 8.85. The average Bonchev–Trinajstić information content (AvgIpc) is 3.32. The van der Waals surface area contributed by atoms with E-state index >= 15 is 0 Å². The van der Waals surface area contributed by atoms with Gasteiger partial charge in [-0.2, -0.15) is 5.10 Å². The number of halogens is 1. The molecule has 0 aromatic carbocycles. The molecule has 0 unspecified atom stereocenters. The molecule has 28 heavy (non-hydrogen) atoms. The van der Waals surface area contributed by atoms with Gasteiger partial charge in [-0.15, -0.1) is 0 Å². The van der Waals surface area contributed by atoms with Gasteiger partial charge in [-0.05, 0) is 31.9 Å². The third-order valence-corrected chi connectivity index (χ3v) is 4.77. The molecule has 1 aliphatic rings. The number of aromatic amines is 1. The van der Waals surface area contributed by atoms with Gasteiger partial charge in [0.25, 0.3) is 11.5 Å². The molecule has 1 atom stereocenters. The highest BCUT2D eigenvalue weighted by atomic mass is 19.1. The highest BCUT2D eigenvalue weighted by Gasteiger charge is 2.47. The summed E-state index contributed by atoms with van der Waals surface area (Å²) < 4.78 is 15.1. The number of fused-ring (bicyclic) bond motifs is 1. The van der Waals surface area contributed by atoms with Gasteiger partial charge >= 0.3 is 0 Å². The van der Waals surface area contributed by atoms with Crippen LogP contribution in [0.1, 0.15) is 35.7 Å². The standard InChI is InChI=1S/C18H19FN6O3/c1-10(9-26)22-16(27)12-8-21-25-5-2-14(23-15(12)25)24-18(3-4-18)13-6-11(19)7-20-17(13)28/h2,5-8,10,26H,3-4,9H2,1H3,(H,20,28)(H,22,27)(H,23,24)/t10-/m1/s1. The maximum absolute atomic E-state index is 13.6. The van der Waals surface area contributed by atoms with E-state index in [2.05, 4.69) is 25.7 Å². The zero-order valence-corrected chi connectivity index (χ0v) is 15.1. The molecule has 1 aliphatic carbocycles. The quantitative estimate of drug-likeness (QED) is 0.496. The minimum Gasteiger partial charge on any atom is -0.394 e. The van der Waals surface area contributed by atoms with Crippen molar-refractivity contribution in [2.24, 2.45) is 0 Å². The second kappa shape index (κ2) is 6.71. The lowest BCUT2D eigenvalue weighted by atomic mass is 10.1. The Morgan fingerprint density at radius 1 is 1.50 bits per heavy atom. The number of hydrogen-bond donors (Lipinski definition) is 4. The van der Waals surface area contributed by atoms with Crippen LogP contribution in [0.3, 0.4) is 0 Å². The largest absolute Gasteiger partial charge is 0.394 e. The van der Waals surface area contributed by atoms with Gasteiger partial charge in [0.15, 0.2) is 5.65 Å². The van der Waals surface area contributed by atoms with Crippen LogP contribution in [0.2, 0.25) is 0 Å². The van der Waals surface area contributed by atoms with E-state index in [1.165, 1.54) is 16.8 Å². The number of nitrogens with one attached hydrogen (secondary N) is 3. The van der Waals surface area contributed by atoms with E-state index in [1.807, 2.05) is 0 Å². The van der Waals surface area contributed by atoms with Crippen LogP contribution in [0, 0.1) is 5.82 Å². The maximum Gasteiger partial charge on any atom is 0.257 e. The summed E-state index contributed by atoms with van der Waals surface area (Å²) >= 11 is 0. The molecule has 3 aromatic heterocycles. The lowest BCUT2D eigenvalue weighted by Crippen LogP contribution is -2.35. The van der Waals surface area contributed by atoms with Crippen molar-refractivity contribution in [1.29, 1.82) is 0 Å². The van der Waals surface area contributed by atoms with Gasteiger partial charge in [0.1, 0.15) is 17.2 Å². The number of carbonyl (C=O) groups excluding carboxylic acids is 1. The van der Waals surface area contributed by atoms with Crippen molar-refractivity contribution in [3.05, 3.63) is 58.0 Å². The van der Waals surface area contributed by atoms with E-state index in [0.29, 0.717) is 29.9 Å². The van der Waals surface area contributed by atoms with Gasteiger partial charge in [-0.3, -0.25) is 9.59 Å². The molecule has 146 valence electrons. The zero-order valence-electron chi connectivity index (χ0n) is 15.1. The van der Waals surface area contributed by atoms with Crippen molar-refractivity contribution >= 4 is 17.4 Å². The SMILES string of the molecule is C[C@H](CO)NC(=O)c1cnn2ccc(NC3(c4cc(F)c[nH]c4=O)CC3)nc12. The molecular formula is C18H19FN6O3. The molecule has 0 saturated heterocycles. The molecule has 3 heterocycles. The Labute approximate surface area is 158 Å². The van der Waals surface area contributed by atoms with E-state index in [4.69, 9.17) is 5.11 Å². The first-order chi connectivity index (χ1) is 13.4. The molecule has 10 heteroatoms. The number of H-pyrrole nitrogens is 1. The van der Waals surface area contributed by atoms with E-state index < -0.39 is 23.3 Å². The van der Waals surface area contributed by atoms with Crippen molar-refractivity contribution in [2.75, 3.05) is 11.9 Å². The summed E-state index contributed by atoms with van der Waals surface area (Å²) in [5, 5.41) is 19.1. The molecule has 0 aliphatic heterocycles. The Morgan fingerprint density at radius 2 is 2.29 bits per heavy atom. The van der Waals surface area contributed by atoms with Crippen molar-refractivity contribution in [3.63, 3.8) is 0 Å². The van der Waals surface area contributed by atoms with Gasteiger partial charge in [0.2, 0.25) is 0 Å². The molecule has 3 aromatic rings. The molecule has 0 spiro atoms. The van der Waals surface area contributed by atoms with Crippen molar-refractivity contribution in [2.45, 2.75) is 31.3 Å². The summed E-state index contributed by atoms with van der Waals surface area (Å²) in [4.78, 5) is 31.3. The Morgan fingerprint density at radius 3 is 3.00 bits per heavy atom. The van der Waals surface area contributed by atoms with Crippen molar-refractivity contribution in [1.82, 2.24) is 24.9 Å². The number of aromatic nitrogens is 4. The molecule has 4 rings (SSSR count). The molecule has 0 radical (unpaired) electrons. The predicted molar refractivity (Wildman–Crippen MR) is 98.6 cm³/mol. The first-order valence-corrected chi connectivity index (χ1v) is 8.85. The van der Waals surface area contributed by atoms with Gasteiger partial charge in [0, 0.05) is 24.0 Å². The third kappa shape index (κ3) is 3.22. The van der Waals surface area contributed by atoms with Gasteiger partial charge in [0.05, 0.1) is 18.3 Å². The average molecular weight is 386 g/mol. The fourth-order valence-electron chi connectivity index (χ4n) is 3.09. The second-order valence-electron chi connectivity index (χ2n) is 6.96. The van der Waals surface area contributed by atoms with Crippen LogP contribution in [0.5, 0.6) is 0 Å². The Hall–Kier alpha value is -3.27. The summed E-state index contributed by atoms with van der Waals surface area (Å²) in [5.74, 6) is -0.471. The number of anilines is 1. The highest BCUT2D eigenvalue weighted by Crippen LogP contribution is 2.46. The minimum atomic E-state index is -0.686. The lowest BCUT2D eigenvalue weighted by molar-refractivity contribution is 0.0924. The van der Waals surface area contributed by atoms with Crippen LogP contribution in [0.4, 0.5) is 10.2 Å². The van der Waals surface area contributed by atoms with Crippen LogP contribution in [0.15, 0.2) is 35.5 Å². The first kappa shape index (κ1) is 18.1. The monoisotopic (exact) mass is 386 g/mol. The molecule has 1 saturated carbocycles. The van der Waals surface area contributed by atoms with Gasteiger partial charge in [-0.25, -0.2) is 13.9 Å². The normalized spacial score (nSPS) is 16.0.